The number of amides is 3. The molecule has 0 radical (unpaired) electrons. The lowest BCUT2D eigenvalue weighted by molar-refractivity contribution is -0.149. The third kappa shape index (κ3) is 8.42. The topological polar surface area (TPSA) is 156 Å². The van der Waals surface area contributed by atoms with Crippen LogP contribution in [0.25, 0.3) is 22.0 Å². The van der Waals surface area contributed by atoms with Crippen LogP contribution in [0.5, 0.6) is 0 Å². The largest absolute Gasteiger partial charge is 0.466 e. The Morgan fingerprint density at radius 1 is 0.875 bits per heavy atom. The highest BCUT2D eigenvalue weighted by Crippen LogP contribution is 2.24. The van der Waals surface area contributed by atoms with Crippen molar-refractivity contribution in [3.05, 3.63) is 60.3 Å². The zero-order valence-corrected chi connectivity index (χ0v) is 22.7. The van der Waals surface area contributed by atoms with E-state index in [-0.39, 0.29) is 38.3 Å². The molecular weight excluding hydrogens is 516 g/mol. The minimum absolute atomic E-state index is 0.0164. The molecule has 3 aromatic rings. The van der Waals surface area contributed by atoms with Crippen molar-refractivity contribution in [1.29, 1.82) is 0 Å². The number of nitrogens with one attached hydrogen (secondary N) is 4. The molecule has 11 heteroatoms. The van der Waals surface area contributed by atoms with Crippen LogP contribution in [0, 0.1) is 0 Å². The molecule has 0 saturated heterocycles. The Morgan fingerprint density at radius 2 is 1.60 bits per heavy atom. The lowest BCUT2D eigenvalue weighted by Gasteiger charge is -2.20. The van der Waals surface area contributed by atoms with E-state index in [9.17, 15) is 24.0 Å². The molecule has 2 atom stereocenters. The van der Waals surface area contributed by atoms with Crippen molar-refractivity contribution >= 4 is 40.6 Å². The van der Waals surface area contributed by atoms with Gasteiger partial charge in [0.05, 0.1) is 19.8 Å². The molecular formula is C29H34N4O7. The van der Waals surface area contributed by atoms with Gasteiger partial charge in [-0.2, -0.15) is 0 Å². The van der Waals surface area contributed by atoms with E-state index in [1.54, 1.807) is 19.9 Å². The number of ether oxygens (including phenoxy) is 2. The highest BCUT2D eigenvalue weighted by molar-refractivity contribution is 6.00. The van der Waals surface area contributed by atoms with E-state index in [1.807, 2.05) is 48.5 Å². The number of fused-ring (bicyclic) bond motifs is 1. The molecule has 0 aliphatic carbocycles. The first-order chi connectivity index (χ1) is 19.2. The fourth-order valence-corrected chi connectivity index (χ4v) is 3.96. The first kappa shape index (κ1) is 29.9. The van der Waals surface area contributed by atoms with Gasteiger partial charge in [-0.05, 0) is 56.5 Å². The minimum atomic E-state index is -1.08. The van der Waals surface area contributed by atoms with Gasteiger partial charge in [-0.1, -0.05) is 36.4 Å². The van der Waals surface area contributed by atoms with Crippen molar-refractivity contribution in [3.8, 4) is 11.1 Å². The third-order valence-electron chi connectivity index (χ3n) is 5.98. The highest BCUT2D eigenvalue weighted by Gasteiger charge is 2.26. The molecule has 40 heavy (non-hydrogen) atoms. The van der Waals surface area contributed by atoms with Gasteiger partial charge in [0.1, 0.15) is 17.8 Å². The summed E-state index contributed by atoms with van der Waals surface area (Å²) in [5.41, 5.74) is 3.13. The van der Waals surface area contributed by atoms with Crippen molar-refractivity contribution in [2.45, 2.75) is 45.7 Å². The summed E-state index contributed by atoms with van der Waals surface area (Å²) in [6.45, 7) is 4.65. The van der Waals surface area contributed by atoms with E-state index >= 15 is 0 Å². The second-order valence-electron chi connectivity index (χ2n) is 8.98. The average Bonchev–Trinajstić information content (AvgIpc) is 3.38. The maximum Gasteiger partial charge on any atom is 0.328 e. The van der Waals surface area contributed by atoms with Gasteiger partial charge < -0.3 is 30.4 Å². The summed E-state index contributed by atoms with van der Waals surface area (Å²) < 4.78 is 9.83. The number of aromatic amines is 1. The Morgan fingerprint density at radius 3 is 2.30 bits per heavy atom. The van der Waals surface area contributed by atoms with Crippen LogP contribution in [0.2, 0.25) is 0 Å². The van der Waals surface area contributed by atoms with Crippen LogP contribution in [0.4, 0.5) is 0 Å². The van der Waals surface area contributed by atoms with Crippen LogP contribution in [-0.2, 0) is 28.7 Å². The van der Waals surface area contributed by atoms with E-state index in [4.69, 9.17) is 9.47 Å². The Labute approximate surface area is 232 Å². The molecule has 1 aromatic heterocycles. The van der Waals surface area contributed by atoms with E-state index in [1.165, 1.54) is 6.92 Å². The van der Waals surface area contributed by atoms with Crippen LogP contribution in [-0.4, -0.2) is 66.5 Å². The van der Waals surface area contributed by atoms with Gasteiger partial charge in [0.25, 0.3) is 5.91 Å². The monoisotopic (exact) mass is 550 g/mol. The number of benzene rings is 2. The van der Waals surface area contributed by atoms with E-state index in [0.29, 0.717) is 0 Å². The molecule has 0 bridgehead atoms. The van der Waals surface area contributed by atoms with Gasteiger partial charge in [-0.25, -0.2) is 4.79 Å². The van der Waals surface area contributed by atoms with E-state index in [0.717, 1.165) is 22.0 Å². The molecule has 11 nitrogen and oxygen atoms in total. The van der Waals surface area contributed by atoms with Crippen molar-refractivity contribution in [2.24, 2.45) is 0 Å². The summed E-state index contributed by atoms with van der Waals surface area (Å²) in [7, 11) is 0. The predicted octanol–water partition coefficient (Wildman–Crippen LogP) is 2.46. The van der Waals surface area contributed by atoms with E-state index in [2.05, 4.69) is 20.9 Å². The average molecular weight is 551 g/mol. The Balaban J connectivity index is 1.52. The molecule has 1 heterocycles. The summed E-state index contributed by atoms with van der Waals surface area (Å²) in [5.74, 6) is -2.93. The number of H-pyrrole nitrogens is 1. The molecule has 0 fully saturated rings. The maximum absolute atomic E-state index is 12.7. The summed E-state index contributed by atoms with van der Waals surface area (Å²) in [5, 5.41) is 8.36. The summed E-state index contributed by atoms with van der Waals surface area (Å²) in [4.78, 5) is 64.6. The number of carbonyl (C=O) groups excluding carboxylic acids is 5. The first-order valence-electron chi connectivity index (χ1n) is 13.1. The number of carbonyl (C=O) groups is 5. The quantitative estimate of drug-likeness (QED) is 0.238. The van der Waals surface area contributed by atoms with Gasteiger partial charge in [-0.3, -0.25) is 19.2 Å². The molecule has 0 aliphatic rings. The van der Waals surface area contributed by atoms with Gasteiger partial charge in [0.2, 0.25) is 11.8 Å². The fraction of sp³-hybridized carbons (Fsp3) is 0.345. The van der Waals surface area contributed by atoms with Crippen LogP contribution in [0.15, 0.2) is 54.6 Å². The maximum atomic E-state index is 12.7. The summed E-state index contributed by atoms with van der Waals surface area (Å²) in [6.07, 6.45) is -0.108. The van der Waals surface area contributed by atoms with E-state index < -0.39 is 41.7 Å². The number of hydrogen-bond acceptors (Lipinski definition) is 7. The highest BCUT2D eigenvalue weighted by atomic mass is 16.5. The molecule has 0 spiro atoms. The molecule has 0 aliphatic heterocycles. The minimum Gasteiger partial charge on any atom is -0.466 e. The van der Waals surface area contributed by atoms with Crippen LogP contribution < -0.4 is 16.0 Å². The van der Waals surface area contributed by atoms with Crippen molar-refractivity contribution in [2.75, 3.05) is 19.8 Å². The number of aromatic nitrogens is 1. The molecule has 2 aromatic carbocycles. The zero-order valence-electron chi connectivity index (χ0n) is 22.7. The Bertz CT molecular complexity index is 1350. The van der Waals surface area contributed by atoms with Gasteiger partial charge in [0, 0.05) is 17.3 Å². The smallest absolute Gasteiger partial charge is 0.328 e. The molecule has 212 valence electrons. The standard InChI is InChI=1S/C29H34N4O7/c1-4-39-26(35)14-13-23(29(38)40-5-2)33-27(36)18(3)31-25(34)17-30-28(37)24-16-21-15-20(11-12-22(21)32-24)19-9-7-6-8-10-19/h6-12,15-16,18,23,32H,4-5,13-14,17H2,1-3H3,(H,30,37)(H,31,34)(H,33,36)/t18-,23+/m0/s1. The second kappa shape index (κ2) is 14.5. The number of hydrogen-bond donors (Lipinski definition) is 4. The molecule has 4 N–H and O–H groups in total. The molecule has 0 unspecified atom stereocenters. The van der Waals surface area contributed by atoms with Crippen LogP contribution >= 0.6 is 0 Å². The summed E-state index contributed by atoms with van der Waals surface area (Å²) in [6, 6.07) is 15.3. The SMILES string of the molecule is CCOC(=O)CC[C@@H](NC(=O)[C@H](C)NC(=O)CNC(=O)c1cc2cc(-c3ccccc3)ccc2[nH]1)C(=O)OCC. The first-order valence-corrected chi connectivity index (χ1v) is 13.1. The fourth-order valence-electron chi connectivity index (χ4n) is 3.96. The number of rotatable bonds is 13. The van der Waals surface area contributed by atoms with Crippen LogP contribution in [0.1, 0.15) is 44.1 Å². The Hall–Kier alpha value is -4.67. The lowest BCUT2D eigenvalue weighted by atomic mass is 10.0. The van der Waals surface area contributed by atoms with Crippen molar-refractivity contribution in [3.63, 3.8) is 0 Å². The van der Waals surface area contributed by atoms with Crippen molar-refractivity contribution in [1.82, 2.24) is 20.9 Å². The zero-order chi connectivity index (χ0) is 29.1. The Kier molecular flexibility index (Phi) is 10.8. The van der Waals surface area contributed by atoms with Gasteiger partial charge in [-0.15, -0.1) is 0 Å². The van der Waals surface area contributed by atoms with Crippen LogP contribution in [0.3, 0.4) is 0 Å². The molecule has 0 saturated carbocycles. The van der Waals surface area contributed by atoms with Gasteiger partial charge in [0.15, 0.2) is 0 Å². The van der Waals surface area contributed by atoms with Gasteiger partial charge >= 0.3 is 11.9 Å². The summed E-state index contributed by atoms with van der Waals surface area (Å²) >= 11 is 0. The lowest BCUT2D eigenvalue weighted by Crippen LogP contribution is -2.52. The normalized spacial score (nSPS) is 12.2. The molecule has 3 rings (SSSR count). The third-order valence-corrected chi connectivity index (χ3v) is 5.98. The second-order valence-corrected chi connectivity index (χ2v) is 8.98. The predicted molar refractivity (Wildman–Crippen MR) is 148 cm³/mol. The number of esters is 2. The molecule has 3 amide bonds. The van der Waals surface area contributed by atoms with Crippen molar-refractivity contribution < 1.29 is 33.4 Å².